The maximum atomic E-state index is 14.0. The lowest BCUT2D eigenvalue weighted by Gasteiger charge is -2.32. The molecule has 0 bridgehead atoms. The number of hydrogen-bond donors (Lipinski definition) is 1. The summed E-state index contributed by atoms with van der Waals surface area (Å²) in [6, 6.07) is 11.9. The lowest BCUT2D eigenvalue weighted by Crippen LogP contribution is -2.47. The smallest absolute Gasteiger partial charge is 0.266 e. The van der Waals surface area contributed by atoms with Gasteiger partial charge >= 0.3 is 0 Å². The zero-order valence-electron chi connectivity index (χ0n) is 12.3. The van der Waals surface area contributed by atoms with Crippen molar-refractivity contribution in [3.63, 3.8) is 0 Å². The summed E-state index contributed by atoms with van der Waals surface area (Å²) in [6.07, 6.45) is 0. The fourth-order valence-corrected chi connectivity index (χ4v) is 4.41. The Labute approximate surface area is 136 Å². The zero-order valence-corrected chi connectivity index (χ0v) is 13.1. The lowest BCUT2D eigenvalue weighted by molar-refractivity contribution is -0.122. The molecule has 2 aliphatic heterocycles. The number of aryl methyl sites for hydroxylation is 1. The molecular weight excluding hydrogens is 315 g/mol. The van der Waals surface area contributed by atoms with E-state index in [9.17, 15) is 14.0 Å². The number of nitrogens with zero attached hydrogens (tertiary/aromatic N) is 1. The van der Waals surface area contributed by atoms with Crippen molar-refractivity contribution in [2.75, 3.05) is 16.0 Å². The third kappa shape index (κ3) is 1.84. The van der Waals surface area contributed by atoms with Crippen LogP contribution in [0.15, 0.2) is 42.5 Å². The quantitative estimate of drug-likeness (QED) is 0.875. The average molecular weight is 328 g/mol. The van der Waals surface area contributed by atoms with Crippen LogP contribution in [-0.2, 0) is 14.5 Å². The number of anilines is 2. The number of nitrogens with one attached hydrogen (secondary N) is 1. The van der Waals surface area contributed by atoms with Gasteiger partial charge in [0.2, 0.25) is 10.8 Å². The summed E-state index contributed by atoms with van der Waals surface area (Å²) in [5.74, 6) is -0.688. The van der Waals surface area contributed by atoms with Crippen molar-refractivity contribution in [3.8, 4) is 0 Å². The van der Waals surface area contributed by atoms with Crippen LogP contribution in [0.3, 0.4) is 0 Å². The zero-order chi connectivity index (χ0) is 16.2. The standard InChI is InChI=1S/C17H13FN2O2S/c1-10-6-7-11(8-13(10)18)20-15(21)9-23-17(20)12-4-2-3-5-14(12)19-16(17)22/h2-8H,9H2,1H3,(H,19,22)/t17-/m1/s1. The highest BCUT2D eigenvalue weighted by Gasteiger charge is 2.58. The van der Waals surface area contributed by atoms with Crippen molar-refractivity contribution in [1.29, 1.82) is 0 Å². The molecule has 1 atom stereocenters. The van der Waals surface area contributed by atoms with Gasteiger partial charge in [-0.05, 0) is 30.7 Å². The van der Waals surface area contributed by atoms with Crippen molar-refractivity contribution in [1.82, 2.24) is 0 Å². The molecule has 23 heavy (non-hydrogen) atoms. The van der Waals surface area contributed by atoms with Gasteiger partial charge in [0, 0.05) is 16.9 Å². The summed E-state index contributed by atoms with van der Waals surface area (Å²) < 4.78 is 14.0. The fourth-order valence-electron chi connectivity index (χ4n) is 3.10. The average Bonchev–Trinajstić information content (AvgIpc) is 3.02. The van der Waals surface area contributed by atoms with Gasteiger partial charge in [0.25, 0.3) is 5.91 Å². The molecule has 2 amide bonds. The van der Waals surface area contributed by atoms with E-state index < -0.39 is 10.7 Å². The predicted molar refractivity (Wildman–Crippen MR) is 87.8 cm³/mol. The molecule has 116 valence electrons. The Morgan fingerprint density at radius 3 is 2.78 bits per heavy atom. The minimum absolute atomic E-state index is 0.178. The number of benzene rings is 2. The van der Waals surface area contributed by atoms with E-state index in [4.69, 9.17) is 0 Å². The monoisotopic (exact) mass is 328 g/mol. The summed E-state index contributed by atoms with van der Waals surface area (Å²) in [5, 5.41) is 2.83. The Morgan fingerprint density at radius 1 is 1.22 bits per heavy atom. The van der Waals surface area contributed by atoms with E-state index >= 15 is 0 Å². The highest BCUT2D eigenvalue weighted by Crippen LogP contribution is 2.53. The Hall–Kier alpha value is -2.34. The van der Waals surface area contributed by atoms with Gasteiger partial charge in [0.05, 0.1) is 5.75 Å². The van der Waals surface area contributed by atoms with Crippen molar-refractivity contribution < 1.29 is 14.0 Å². The first-order valence-corrected chi connectivity index (χ1v) is 8.17. The largest absolute Gasteiger partial charge is 0.323 e. The number of carbonyl (C=O) groups excluding carboxylic acids is 2. The van der Waals surface area contributed by atoms with Crippen LogP contribution in [0, 0.1) is 12.7 Å². The van der Waals surface area contributed by atoms with Gasteiger partial charge in [-0.25, -0.2) is 4.39 Å². The SMILES string of the molecule is Cc1ccc(N2C(=O)CS[C@]23C(=O)Nc2ccccc23)cc1F. The fraction of sp³-hybridized carbons (Fsp3) is 0.176. The number of amides is 2. The van der Waals surface area contributed by atoms with E-state index in [1.165, 1.54) is 22.7 Å². The Kier molecular flexibility index (Phi) is 2.99. The molecule has 2 heterocycles. The Morgan fingerprint density at radius 2 is 2.00 bits per heavy atom. The van der Waals surface area contributed by atoms with E-state index in [1.54, 1.807) is 25.1 Å². The summed E-state index contributed by atoms with van der Waals surface area (Å²) in [5.41, 5.74) is 2.33. The van der Waals surface area contributed by atoms with Crippen LogP contribution < -0.4 is 10.2 Å². The molecule has 6 heteroatoms. The first kappa shape index (κ1) is 14.3. The molecule has 0 saturated carbocycles. The first-order valence-electron chi connectivity index (χ1n) is 7.18. The number of thioether (sulfide) groups is 1. The number of halogens is 1. The van der Waals surface area contributed by atoms with Gasteiger partial charge in [-0.1, -0.05) is 24.3 Å². The Balaban J connectivity index is 1.93. The second-order valence-corrected chi connectivity index (χ2v) is 6.76. The van der Waals surface area contributed by atoms with E-state index in [0.717, 1.165) is 5.56 Å². The van der Waals surface area contributed by atoms with Gasteiger partial charge in [-0.3, -0.25) is 14.5 Å². The van der Waals surface area contributed by atoms with Gasteiger partial charge in [0.1, 0.15) is 5.82 Å². The second kappa shape index (κ2) is 4.83. The molecule has 4 rings (SSSR count). The van der Waals surface area contributed by atoms with Crippen molar-refractivity contribution in [2.24, 2.45) is 0 Å². The number of rotatable bonds is 1. The topological polar surface area (TPSA) is 49.4 Å². The summed E-state index contributed by atoms with van der Waals surface area (Å²) in [7, 11) is 0. The van der Waals surface area contributed by atoms with Gasteiger partial charge in [-0.2, -0.15) is 0 Å². The normalized spacial score (nSPS) is 22.6. The molecule has 2 aromatic rings. The number of para-hydroxylation sites is 1. The van der Waals surface area contributed by atoms with Crippen LogP contribution in [0.25, 0.3) is 0 Å². The molecule has 1 fully saturated rings. The third-order valence-electron chi connectivity index (χ3n) is 4.23. The molecule has 2 aliphatic rings. The van der Waals surface area contributed by atoms with Crippen molar-refractivity contribution in [3.05, 3.63) is 59.4 Å². The van der Waals surface area contributed by atoms with Crippen LogP contribution in [0.2, 0.25) is 0 Å². The van der Waals surface area contributed by atoms with Crippen molar-refractivity contribution in [2.45, 2.75) is 11.8 Å². The first-order chi connectivity index (χ1) is 11.0. The molecule has 0 radical (unpaired) electrons. The van der Waals surface area contributed by atoms with E-state index in [0.29, 0.717) is 16.9 Å². The molecule has 1 N–H and O–H groups in total. The van der Waals surface area contributed by atoms with Crippen molar-refractivity contribution >= 4 is 35.0 Å². The minimum Gasteiger partial charge on any atom is -0.323 e. The molecule has 0 unspecified atom stereocenters. The Bertz CT molecular complexity index is 854. The maximum absolute atomic E-state index is 14.0. The molecular formula is C17H13FN2O2S. The molecule has 1 saturated heterocycles. The number of fused-ring (bicyclic) bond motifs is 2. The van der Waals surface area contributed by atoms with Crippen LogP contribution in [0.4, 0.5) is 15.8 Å². The van der Waals surface area contributed by atoms with E-state index in [2.05, 4.69) is 5.32 Å². The molecule has 0 aromatic heterocycles. The van der Waals surface area contributed by atoms with Crippen LogP contribution >= 0.6 is 11.8 Å². The number of hydrogen-bond acceptors (Lipinski definition) is 3. The van der Waals surface area contributed by atoms with Crippen LogP contribution in [-0.4, -0.2) is 17.6 Å². The molecule has 2 aromatic carbocycles. The molecule has 0 aliphatic carbocycles. The molecule has 1 spiro atoms. The highest BCUT2D eigenvalue weighted by molar-refractivity contribution is 8.02. The van der Waals surface area contributed by atoms with Crippen LogP contribution in [0.5, 0.6) is 0 Å². The maximum Gasteiger partial charge on any atom is 0.266 e. The summed E-state index contributed by atoms with van der Waals surface area (Å²) >= 11 is 1.27. The predicted octanol–water partition coefficient (Wildman–Crippen LogP) is 3.02. The number of carbonyl (C=O) groups is 2. The lowest BCUT2D eigenvalue weighted by atomic mass is 10.0. The summed E-state index contributed by atoms with van der Waals surface area (Å²) in [6.45, 7) is 1.66. The minimum atomic E-state index is -1.16. The van der Waals surface area contributed by atoms with Crippen LogP contribution in [0.1, 0.15) is 11.1 Å². The van der Waals surface area contributed by atoms with E-state index in [-0.39, 0.29) is 17.6 Å². The third-order valence-corrected chi connectivity index (χ3v) is 5.63. The molecule has 4 nitrogen and oxygen atoms in total. The van der Waals surface area contributed by atoms with Gasteiger partial charge < -0.3 is 5.32 Å². The highest BCUT2D eigenvalue weighted by atomic mass is 32.2. The van der Waals surface area contributed by atoms with Gasteiger partial charge in [0.15, 0.2) is 0 Å². The summed E-state index contributed by atoms with van der Waals surface area (Å²) in [4.78, 5) is 25.5. The van der Waals surface area contributed by atoms with Gasteiger partial charge in [-0.15, -0.1) is 11.8 Å². The second-order valence-electron chi connectivity index (χ2n) is 5.60. The van der Waals surface area contributed by atoms with E-state index in [1.807, 2.05) is 18.2 Å².